The van der Waals surface area contributed by atoms with Crippen LogP contribution in [0.15, 0.2) is 48.5 Å². The number of hydrogen-bond acceptors (Lipinski definition) is 5. The van der Waals surface area contributed by atoms with Crippen molar-refractivity contribution in [3.05, 3.63) is 54.1 Å². The monoisotopic (exact) mass is 402 g/mol. The molecule has 4 N–H and O–H groups in total. The minimum absolute atomic E-state index is 0.00168. The Kier molecular flexibility index (Phi) is 9.11. The molecule has 2 aromatic carbocycles. The summed E-state index contributed by atoms with van der Waals surface area (Å²) in [6.07, 6.45) is 0.612. The Balaban J connectivity index is 1.77. The van der Waals surface area contributed by atoms with E-state index in [4.69, 9.17) is 15.2 Å². The van der Waals surface area contributed by atoms with Gasteiger partial charge in [-0.15, -0.1) is 0 Å². The number of unbranched alkanes of at least 4 members (excludes halogenated alkanes) is 1. The van der Waals surface area contributed by atoms with E-state index in [1.54, 1.807) is 24.3 Å². The topological polar surface area (TPSA) is 105 Å². The van der Waals surface area contributed by atoms with Crippen LogP contribution in [0.3, 0.4) is 0 Å². The van der Waals surface area contributed by atoms with Gasteiger partial charge in [0.25, 0.3) is 0 Å². The highest BCUT2D eigenvalue weighted by Gasteiger charge is 2.17. The molecule has 158 valence electrons. The van der Waals surface area contributed by atoms with Crippen LogP contribution in [0.4, 0.5) is 10.5 Å². The molecule has 7 nitrogen and oxygen atoms in total. The van der Waals surface area contributed by atoms with E-state index in [9.17, 15) is 15.0 Å². The van der Waals surface area contributed by atoms with E-state index in [0.717, 1.165) is 24.2 Å². The highest BCUT2D eigenvalue weighted by Crippen LogP contribution is 2.18. The molecule has 2 aromatic rings. The summed E-state index contributed by atoms with van der Waals surface area (Å²) in [7, 11) is 0. The Morgan fingerprint density at radius 1 is 1.07 bits per heavy atom. The molecular formula is C22H30N2O5. The van der Waals surface area contributed by atoms with Gasteiger partial charge in [0.1, 0.15) is 24.2 Å². The summed E-state index contributed by atoms with van der Waals surface area (Å²) in [5, 5.41) is 19.6. The summed E-state index contributed by atoms with van der Waals surface area (Å²) in [6.45, 7) is 3.04. The van der Waals surface area contributed by atoms with Crippen molar-refractivity contribution in [2.45, 2.75) is 32.3 Å². The van der Waals surface area contributed by atoms with Crippen LogP contribution in [0.25, 0.3) is 0 Å². The largest absolute Gasteiger partial charge is 0.494 e. The normalized spacial score (nSPS) is 11.7. The number of hydrogen-bond donors (Lipinski definition) is 3. The quantitative estimate of drug-likeness (QED) is 0.371. The second-order valence-electron chi connectivity index (χ2n) is 6.86. The van der Waals surface area contributed by atoms with E-state index in [0.29, 0.717) is 24.5 Å². The number of carboxylic acid groups (broad SMARTS) is 1. The molecule has 0 bridgehead atoms. The third-order valence-electron chi connectivity index (χ3n) is 4.38. The highest BCUT2D eigenvalue weighted by molar-refractivity contribution is 5.65. The molecule has 29 heavy (non-hydrogen) atoms. The Bertz CT molecular complexity index is 734. The zero-order chi connectivity index (χ0) is 21.1. The molecule has 0 unspecified atom stereocenters. The van der Waals surface area contributed by atoms with Gasteiger partial charge in [0.15, 0.2) is 0 Å². The Hall–Kier alpha value is -2.93. The number of benzene rings is 2. The average molecular weight is 402 g/mol. The summed E-state index contributed by atoms with van der Waals surface area (Å²) < 4.78 is 11.2. The van der Waals surface area contributed by atoms with Crippen molar-refractivity contribution in [3.63, 3.8) is 0 Å². The number of anilines is 1. The zero-order valence-electron chi connectivity index (χ0n) is 16.8. The molecule has 0 spiro atoms. The first-order valence-corrected chi connectivity index (χ1v) is 9.84. The van der Waals surface area contributed by atoms with E-state index >= 15 is 0 Å². The smallest absolute Gasteiger partial charge is 0.407 e. The molecule has 1 amide bonds. The van der Waals surface area contributed by atoms with E-state index in [1.807, 2.05) is 24.3 Å². The number of rotatable bonds is 12. The lowest BCUT2D eigenvalue weighted by atomic mass is 10.1. The fourth-order valence-corrected chi connectivity index (χ4v) is 2.68. The van der Waals surface area contributed by atoms with Crippen LogP contribution >= 0.6 is 0 Å². The number of nitrogens with zero attached hydrogens (tertiary/aromatic N) is 1. The molecule has 0 saturated carbocycles. The number of ether oxygens (including phenoxy) is 2. The predicted molar refractivity (Wildman–Crippen MR) is 113 cm³/mol. The van der Waals surface area contributed by atoms with Gasteiger partial charge in [-0.1, -0.05) is 25.5 Å². The standard InChI is InChI=1S/C22H30N2O5/c1-2-3-14-28-20-8-10-21(11-9-20)29-16-19(25)15-24(22(26)27)13-12-17-4-6-18(23)7-5-17/h4-11,19,25H,2-3,12-16,23H2,1H3,(H,26,27)/t19-/m0/s1. The maximum Gasteiger partial charge on any atom is 0.407 e. The van der Waals surface area contributed by atoms with Crippen LogP contribution in [0.1, 0.15) is 25.3 Å². The van der Waals surface area contributed by atoms with E-state index in [1.165, 1.54) is 4.90 Å². The van der Waals surface area contributed by atoms with E-state index < -0.39 is 12.2 Å². The van der Waals surface area contributed by atoms with Gasteiger partial charge in [0.2, 0.25) is 0 Å². The maximum atomic E-state index is 11.5. The highest BCUT2D eigenvalue weighted by atomic mass is 16.5. The van der Waals surface area contributed by atoms with Gasteiger partial charge in [-0.3, -0.25) is 0 Å². The molecule has 0 radical (unpaired) electrons. The van der Waals surface area contributed by atoms with Crippen molar-refractivity contribution in [2.75, 3.05) is 32.0 Å². The lowest BCUT2D eigenvalue weighted by Gasteiger charge is -2.22. The first-order valence-electron chi connectivity index (χ1n) is 9.84. The number of nitrogens with two attached hydrogens (primary N) is 1. The fourth-order valence-electron chi connectivity index (χ4n) is 2.68. The minimum Gasteiger partial charge on any atom is -0.494 e. The van der Waals surface area contributed by atoms with E-state index in [2.05, 4.69) is 6.92 Å². The van der Waals surface area contributed by atoms with Crippen LogP contribution in [0.2, 0.25) is 0 Å². The fraction of sp³-hybridized carbons (Fsp3) is 0.409. The minimum atomic E-state index is -1.08. The molecular weight excluding hydrogens is 372 g/mol. The Morgan fingerprint density at radius 3 is 2.28 bits per heavy atom. The molecule has 1 atom stereocenters. The number of nitrogen functional groups attached to an aromatic ring is 1. The molecule has 0 aliphatic heterocycles. The van der Waals surface area contributed by atoms with Gasteiger partial charge in [0, 0.05) is 12.2 Å². The van der Waals surface area contributed by atoms with E-state index in [-0.39, 0.29) is 19.7 Å². The van der Waals surface area contributed by atoms with Crippen molar-refractivity contribution < 1.29 is 24.5 Å². The molecule has 2 rings (SSSR count). The van der Waals surface area contributed by atoms with Gasteiger partial charge >= 0.3 is 6.09 Å². The number of aliphatic hydroxyl groups excluding tert-OH is 1. The predicted octanol–water partition coefficient (Wildman–Crippen LogP) is 3.41. The third-order valence-corrected chi connectivity index (χ3v) is 4.38. The van der Waals surface area contributed by atoms with Gasteiger partial charge in [0.05, 0.1) is 13.2 Å². The summed E-state index contributed by atoms with van der Waals surface area (Å²) in [5.74, 6) is 1.36. The summed E-state index contributed by atoms with van der Waals surface area (Å²) in [5.41, 5.74) is 7.30. The maximum absolute atomic E-state index is 11.5. The second-order valence-corrected chi connectivity index (χ2v) is 6.86. The van der Waals surface area contributed by atoms with Crippen molar-refractivity contribution in [1.82, 2.24) is 4.90 Å². The van der Waals surface area contributed by atoms with Gasteiger partial charge in [-0.25, -0.2) is 4.79 Å². The van der Waals surface area contributed by atoms with Crippen LogP contribution in [-0.2, 0) is 6.42 Å². The third kappa shape index (κ3) is 8.31. The SMILES string of the molecule is CCCCOc1ccc(OC[C@@H](O)CN(CCc2ccc(N)cc2)C(=O)O)cc1. The number of amides is 1. The molecule has 0 aliphatic rings. The van der Waals surface area contributed by atoms with Crippen molar-refractivity contribution in [3.8, 4) is 11.5 Å². The average Bonchev–Trinajstić information content (AvgIpc) is 2.71. The van der Waals surface area contributed by atoms with Crippen LogP contribution in [-0.4, -0.2) is 53.6 Å². The van der Waals surface area contributed by atoms with Crippen LogP contribution in [0, 0.1) is 0 Å². The first kappa shape index (κ1) is 22.4. The Labute approximate surface area is 171 Å². The molecule has 0 aliphatic carbocycles. The van der Waals surface area contributed by atoms with Crippen LogP contribution in [0.5, 0.6) is 11.5 Å². The van der Waals surface area contributed by atoms with Crippen molar-refractivity contribution in [2.24, 2.45) is 0 Å². The Morgan fingerprint density at radius 2 is 1.69 bits per heavy atom. The van der Waals surface area contributed by atoms with Crippen molar-refractivity contribution in [1.29, 1.82) is 0 Å². The molecule has 0 saturated heterocycles. The lowest BCUT2D eigenvalue weighted by molar-refractivity contribution is 0.0655. The number of aliphatic hydroxyl groups is 1. The van der Waals surface area contributed by atoms with Gasteiger partial charge in [-0.2, -0.15) is 0 Å². The number of carbonyl (C=O) groups is 1. The summed E-state index contributed by atoms with van der Waals surface area (Å²) in [6, 6.07) is 14.5. The first-order chi connectivity index (χ1) is 14.0. The zero-order valence-corrected chi connectivity index (χ0v) is 16.8. The molecule has 0 aromatic heterocycles. The van der Waals surface area contributed by atoms with Gasteiger partial charge < -0.3 is 30.3 Å². The summed E-state index contributed by atoms with van der Waals surface area (Å²) >= 11 is 0. The second kappa shape index (κ2) is 11.8. The van der Waals surface area contributed by atoms with Crippen molar-refractivity contribution >= 4 is 11.8 Å². The molecule has 0 heterocycles. The lowest BCUT2D eigenvalue weighted by Crippen LogP contribution is -2.40. The molecule has 7 heteroatoms. The molecule has 0 fully saturated rings. The summed E-state index contributed by atoms with van der Waals surface area (Å²) in [4.78, 5) is 12.7. The van der Waals surface area contributed by atoms with Gasteiger partial charge in [-0.05, 0) is 54.8 Å². The van der Waals surface area contributed by atoms with Crippen LogP contribution < -0.4 is 15.2 Å².